The third-order valence-electron chi connectivity index (χ3n) is 2.75. The third-order valence-corrected chi connectivity index (χ3v) is 4.11. The Kier molecular flexibility index (Phi) is 7.28. The smallest absolute Gasteiger partial charge is 0.235 e. The molecule has 0 saturated carbocycles. The second-order valence-electron chi connectivity index (χ2n) is 4.21. The van der Waals surface area contributed by atoms with Crippen molar-refractivity contribution in [2.24, 2.45) is 0 Å². The number of hydrogen-bond acceptors (Lipinski definition) is 3. The molecule has 1 rings (SSSR count). The van der Waals surface area contributed by atoms with Crippen molar-refractivity contribution >= 4 is 29.3 Å². The molecule has 5 heteroatoms. The van der Waals surface area contributed by atoms with Crippen molar-refractivity contribution in [1.29, 1.82) is 0 Å². The van der Waals surface area contributed by atoms with Crippen molar-refractivity contribution in [2.75, 3.05) is 19.7 Å². The lowest BCUT2D eigenvalue weighted by Gasteiger charge is -2.24. The topological polar surface area (TPSA) is 40.5 Å². The fourth-order valence-electron chi connectivity index (χ4n) is 1.71. The van der Waals surface area contributed by atoms with Crippen LogP contribution in [0.25, 0.3) is 0 Å². The van der Waals surface area contributed by atoms with E-state index in [2.05, 4.69) is 0 Å². The number of carbonyl (C=O) groups excluding carboxylic acids is 1. The van der Waals surface area contributed by atoms with E-state index in [1.165, 1.54) is 11.8 Å². The molecule has 1 N–H and O–H groups in total. The Morgan fingerprint density at radius 1 is 1.42 bits per heavy atom. The third kappa shape index (κ3) is 5.43. The van der Waals surface area contributed by atoms with Gasteiger partial charge in [-0.2, -0.15) is 0 Å². The largest absolute Gasteiger partial charge is 0.396 e. The highest BCUT2D eigenvalue weighted by Crippen LogP contribution is 2.25. The molecule has 1 aromatic carbocycles. The second-order valence-corrected chi connectivity index (χ2v) is 6.06. The zero-order chi connectivity index (χ0) is 14.3. The fourth-order valence-corrected chi connectivity index (χ4v) is 2.79. The summed E-state index contributed by atoms with van der Waals surface area (Å²) >= 11 is 7.36. The molecular weight excluding hydrogens is 282 g/mol. The van der Waals surface area contributed by atoms with Gasteiger partial charge in [0.15, 0.2) is 0 Å². The van der Waals surface area contributed by atoms with E-state index in [1.807, 2.05) is 38.1 Å². The van der Waals surface area contributed by atoms with Crippen LogP contribution in [0.5, 0.6) is 0 Å². The van der Waals surface area contributed by atoms with Crippen LogP contribution in [0.4, 0.5) is 0 Å². The van der Waals surface area contributed by atoms with E-state index in [0.29, 0.717) is 24.5 Å². The van der Waals surface area contributed by atoms with Gasteiger partial charge in [-0.25, -0.2) is 0 Å². The van der Waals surface area contributed by atoms with Crippen LogP contribution in [-0.4, -0.2) is 40.9 Å². The molecule has 0 spiro atoms. The number of carbonyl (C=O) groups is 1. The van der Waals surface area contributed by atoms with Crippen molar-refractivity contribution in [2.45, 2.75) is 30.4 Å². The fraction of sp³-hybridized carbons (Fsp3) is 0.500. The minimum absolute atomic E-state index is 0.107. The summed E-state index contributed by atoms with van der Waals surface area (Å²) < 4.78 is 0. The van der Waals surface area contributed by atoms with Gasteiger partial charge in [-0.3, -0.25) is 4.79 Å². The summed E-state index contributed by atoms with van der Waals surface area (Å²) in [6.45, 7) is 5.25. The first-order valence-corrected chi connectivity index (χ1v) is 7.66. The minimum Gasteiger partial charge on any atom is -0.396 e. The van der Waals surface area contributed by atoms with Gasteiger partial charge in [-0.15, -0.1) is 11.8 Å². The molecule has 0 aliphatic carbocycles. The molecule has 0 heterocycles. The molecule has 0 saturated heterocycles. The van der Waals surface area contributed by atoms with Crippen LogP contribution in [0.15, 0.2) is 29.2 Å². The summed E-state index contributed by atoms with van der Waals surface area (Å²) in [4.78, 5) is 15.1. The number of amides is 1. The maximum atomic E-state index is 12.2. The van der Waals surface area contributed by atoms with E-state index >= 15 is 0 Å². The molecule has 0 aliphatic rings. The highest BCUT2D eigenvalue weighted by atomic mass is 35.5. The number of benzene rings is 1. The van der Waals surface area contributed by atoms with Gasteiger partial charge < -0.3 is 10.0 Å². The summed E-state index contributed by atoms with van der Waals surface area (Å²) in [6, 6.07) is 7.48. The van der Waals surface area contributed by atoms with Gasteiger partial charge in [0.25, 0.3) is 0 Å². The number of hydrogen-bond donors (Lipinski definition) is 1. The quantitative estimate of drug-likeness (QED) is 0.787. The Bertz CT molecular complexity index is 397. The normalized spacial score (nSPS) is 12.2. The van der Waals surface area contributed by atoms with Crippen LogP contribution in [0.2, 0.25) is 5.02 Å². The molecule has 1 atom stereocenters. The van der Waals surface area contributed by atoms with E-state index in [-0.39, 0.29) is 17.8 Å². The van der Waals surface area contributed by atoms with E-state index in [4.69, 9.17) is 16.7 Å². The molecule has 0 radical (unpaired) electrons. The van der Waals surface area contributed by atoms with Gasteiger partial charge >= 0.3 is 0 Å². The molecule has 1 aromatic rings. The first kappa shape index (κ1) is 16.3. The van der Waals surface area contributed by atoms with Gasteiger partial charge in [-0.05, 0) is 44.5 Å². The Hall–Kier alpha value is -0.710. The van der Waals surface area contributed by atoms with Gasteiger partial charge in [0.1, 0.15) is 0 Å². The maximum Gasteiger partial charge on any atom is 0.235 e. The predicted octanol–water partition coefficient (Wildman–Crippen LogP) is 3.05. The van der Waals surface area contributed by atoms with Crippen LogP contribution in [0, 0.1) is 0 Å². The lowest BCUT2D eigenvalue weighted by atomic mass is 10.3. The van der Waals surface area contributed by atoms with Gasteiger partial charge in [-0.1, -0.05) is 11.6 Å². The van der Waals surface area contributed by atoms with Crippen molar-refractivity contribution in [3.63, 3.8) is 0 Å². The van der Waals surface area contributed by atoms with Crippen LogP contribution in [0.3, 0.4) is 0 Å². The van der Waals surface area contributed by atoms with E-state index in [1.54, 1.807) is 4.90 Å². The number of nitrogens with zero attached hydrogens (tertiary/aromatic N) is 1. The van der Waals surface area contributed by atoms with E-state index in [0.717, 1.165) is 4.90 Å². The molecule has 3 nitrogen and oxygen atoms in total. The molecular formula is C14H20ClNO2S. The Balaban J connectivity index is 2.57. The average Bonchev–Trinajstić information content (AvgIpc) is 2.42. The SMILES string of the molecule is CCN(CCCO)C(=O)C(C)Sc1ccc(Cl)cc1. The van der Waals surface area contributed by atoms with E-state index in [9.17, 15) is 4.79 Å². The van der Waals surface area contributed by atoms with Crippen molar-refractivity contribution < 1.29 is 9.90 Å². The highest BCUT2D eigenvalue weighted by Gasteiger charge is 2.19. The summed E-state index contributed by atoms with van der Waals surface area (Å²) in [5, 5.41) is 9.39. The van der Waals surface area contributed by atoms with Crippen LogP contribution < -0.4 is 0 Å². The first-order chi connectivity index (χ1) is 9.08. The molecule has 0 bridgehead atoms. The number of rotatable bonds is 7. The molecule has 0 aromatic heterocycles. The Labute approximate surface area is 123 Å². The lowest BCUT2D eigenvalue weighted by Crippen LogP contribution is -2.37. The molecule has 19 heavy (non-hydrogen) atoms. The molecule has 0 fully saturated rings. The molecule has 106 valence electrons. The second kappa shape index (κ2) is 8.46. The summed E-state index contributed by atoms with van der Waals surface area (Å²) in [6.07, 6.45) is 0.623. The van der Waals surface area contributed by atoms with Gasteiger partial charge in [0.2, 0.25) is 5.91 Å². The van der Waals surface area contributed by atoms with Crippen molar-refractivity contribution in [3.8, 4) is 0 Å². The molecule has 1 unspecified atom stereocenters. The lowest BCUT2D eigenvalue weighted by molar-refractivity contribution is -0.130. The molecule has 1 amide bonds. The highest BCUT2D eigenvalue weighted by molar-refractivity contribution is 8.00. The van der Waals surface area contributed by atoms with Crippen LogP contribution in [0.1, 0.15) is 20.3 Å². The zero-order valence-corrected chi connectivity index (χ0v) is 12.9. The average molecular weight is 302 g/mol. The van der Waals surface area contributed by atoms with Crippen LogP contribution in [-0.2, 0) is 4.79 Å². The predicted molar refractivity (Wildman–Crippen MR) is 80.7 cm³/mol. The number of aliphatic hydroxyl groups excluding tert-OH is 1. The number of thioether (sulfide) groups is 1. The first-order valence-electron chi connectivity index (χ1n) is 6.40. The van der Waals surface area contributed by atoms with Crippen LogP contribution >= 0.6 is 23.4 Å². The number of halogens is 1. The van der Waals surface area contributed by atoms with Gasteiger partial charge in [0.05, 0.1) is 5.25 Å². The maximum absolute atomic E-state index is 12.2. The monoisotopic (exact) mass is 301 g/mol. The van der Waals surface area contributed by atoms with Gasteiger partial charge in [0, 0.05) is 29.6 Å². The standard InChI is InChI=1S/C14H20ClNO2S/c1-3-16(9-4-10-17)14(18)11(2)19-13-7-5-12(15)6-8-13/h5-8,11,17H,3-4,9-10H2,1-2H3. The number of aliphatic hydroxyl groups is 1. The minimum atomic E-state index is -0.139. The summed E-state index contributed by atoms with van der Waals surface area (Å²) in [5.41, 5.74) is 0. The molecule has 0 aliphatic heterocycles. The Morgan fingerprint density at radius 3 is 2.58 bits per heavy atom. The summed E-state index contributed by atoms with van der Waals surface area (Å²) in [5.74, 6) is 0.107. The zero-order valence-electron chi connectivity index (χ0n) is 11.3. The Morgan fingerprint density at radius 2 is 2.05 bits per heavy atom. The summed E-state index contributed by atoms with van der Waals surface area (Å²) in [7, 11) is 0. The van der Waals surface area contributed by atoms with E-state index < -0.39 is 0 Å². The van der Waals surface area contributed by atoms with Crippen molar-refractivity contribution in [1.82, 2.24) is 4.90 Å². The van der Waals surface area contributed by atoms with Crippen molar-refractivity contribution in [3.05, 3.63) is 29.3 Å².